The number of halogens is 1. The number of thioether (sulfide) groups is 1. The maximum atomic E-state index is 13.3. The van der Waals surface area contributed by atoms with Crippen molar-refractivity contribution in [2.45, 2.75) is 20.5 Å². The first kappa shape index (κ1) is 25.8. The predicted molar refractivity (Wildman–Crippen MR) is 147 cm³/mol. The largest absolute Gasteiger partial charge is 0.490 e. The summed E-state index contributed by atoms with van der Waals surface area (Å²) in [6.45, 7) is 4.40. The lowest BCUT2D eigenvalue weighted by Gasteiger charge is -2.17. The standard InChI is InChI=1S/C27H22ClNO5S2/c1-3-33-23-12-17(9-11-22(23)34-15-19-6-4-5-7-20(19)28)13-24-25(30)29(27(35)36-24)21-14-18(26(31)32)10-8-16(21)2/h4-14H,3,15H2,1-2H3,(H,31,32)/b24-13-. The number of hydrogen-bond donors (Lipinski definition) is 1. The first-order chi connectivity index (χ1) is 17.3. The molecule has 3 aromatic carbocycles. The van der Waals surface area contributed by atoms with Gasteiger partial charge in [-0.05, 0) is 61.4 Å². The summed E-state index contributed by atoms with van der Waals surface area (Å²) >= 11 is 12.9. The van der Waals surface area contributed by atoms with Gasteiger partial charge in [-0.25, -0.2) is 4.79 Å². The molecule has 1 heterocycles. The summed E-state index contributed by atoms with van der Waals surface area (Å²) in [4.78, 5) is 26.5. The van der Waals surface area contributed by atoms with Crippen molar-refractivity contribution in [2.75, 3.05) is 11.5 Å². The van der Waals surface area contributed by atoms with Gasteiger partial charge in [-0.1, -0.05) is 65.9 Å². The Balaban J connectivity index is 1.59. The third-order valence-corrected chi connectivity index (χ3v) is 7.07. The number of anilines is 1. The molecule has 1 N–H and O–H groups in total. The Hall–Kier alpha value is -3.33. The lowest BCUT2D eigenvalue weighted by molar-refractivity contribution is -0.113. The van der Waals surface area contributed by atoms with E-state index < -0.39 is 5.97 Å². The van der Waals surface area contributed by atoms with Gasteiger partial charge in [-0.15, -0.1) is 0 Å². The van der Waals surface area contributed by atoms with E-state index in [1.807, 2.05) is 37.3 Å². The van der Waals surface area contributed by atoms with Crippen LogP contribution in [-0.4, -0.2) is 27.9 Å². The van der Waals surface area contributed by atoms with Crippen LogP contribution in [-0.2, 0) is 11.4 Å². The van der Waals surface area contributed by atoms with Crippen molar-refractivity contribution in [3.8, 4) is 11.5 Å². The molecular formula is C27H22ClNO5S2. The van der Waals surface area contributed by atoms with Crippen LogP contribution in [0.2, 0.25) is 5.02 Å². The Kier molecular flexibility index (Phi) is 7.98. The number of carboxylic acid groups (broad SMARTS) is 1. The molecule has 0 unspecified atom stereocenters. The summed E-state index contributed by atoms with van der Waals surface area (Å²) in [7, 11) is 0. The highest BCUT2D eigenvalue weighted by Gasteiger charge is 2.34. The number of hydrogen-bond acceptors (Lipinski definition) is 6. The Morgan fingerprint density at radius 3 is 2.61 bits per heavy atom. The molecule has 6 nitrogen and oxygen atoms in total. The molecule has 0 bridgehead atoms. The number of rotatable bonds is 8. The highest BCUT2D eigenvalue weighted by molar-refractivity contribution is 8.27. The highest BCUT2D eigenvalue weighted by atomic mass is 35.5. The average Bonchev–Trinajstić information content (AvgIpc) is 3.12. The summed E-state index contributed by atoms with van der Waals surface area (Å²) in [5, 5.41) is 9.97. The minimum atomic E-state index is -1.07. The second kappa shape index (κ2) is 11.2. The van der Waals surface area contributed by atoms with Gasteiger partial charge in [0, 0.05) is 10.6 Å². The van der Waals surface area contributed by atoms with Crippen LogP contribution < -0.4 is 14.4 Å². The monoisotopic (exact) mass is 539 g/mol. The van der Waals surface area contributed by atoms with Crippen molar-refractivity contribution >= 4 is 63.5 Å². The van der Waals surface area contributed by atoms with E-state index in [0.717, 1.165) is 28.5 Å². The molecule has 0 radical (unpaired) electrons. The number of amides is 1. The van der Waals surface area contributed by atoms with Crippen molar-refractivity contribution in [3.05, 3.63) is 92.8 Å². The fourth-order valence-corrected chi connectivity index (χ4v) is 5.06. The molecule has 1 aliphatic rings. The van der Waals surface area contributed by atoms with Crippen LogP contribution in [0.15, 0.2) is 65.6 Å². The lowest BCUT2D eigenvalue weighted by Crippen LogP contribution is -2.28. The van der Waals surface area contributed by atoms with Crippen molar-refractivity contribution in [1.82, 2.24) is 0 Å². The zero-order valence-corrected chi connectivity index (χ0v) is 21.9. The molecule has 1 aliphatic heterocycles. The van der Waals surface area contributed by atoms with Crippen molar-refractivity contribution in [3.63, 3.8) is 0 Å². The van der Waals surface area contributed by atoms with Gasteiger partial charge in [-0.2, -0.15) is 0 Å². The summed E-state index contributed by atoms with van der Waals surface area (Å²) in [5.74, 6) is -0.286. The molecule has 0 saturated carbocycles. The van der Waals surface area contributed by atoms with Gasteiger partial charge >= 0.3 is 5.97 Å². The third kappa shape index (κ3) is 5.56. The summed E-state index contributed by atoms with van der Waals surface area (Å²) in [6, 6.07) is 17.5. The summed E-state index contributed by atoms with van der Waals surface area (Å²) < 4.78 is 12.1. The molecule has 1 amide bonds. The minimum absolute atomic E-state index is 0.0855. The van der Waals surface area contributed by atoms with Gasteiger partial charge in [0.25, 0.3) is 5.91 Å². The molecule has 1 fully saturated rings. The zero-order chi connectivity index (χ0) is 25.8. The van der Waals surface area contributed by atoms with Crippen LogP contribution in [0.3, 0.4) is 0 Å². The van der Waals surface area contributed by atoms with Crippen LogP contribution in [0.1, 0.15) is 34.0 Å². The fraction of sp³-hybridized carbons (Fsp3) is 0.148. The Bertz CT molecular complexity index is 1390. The predicted octanol–water partition coefficient (Wildman–Crippen LogP) is 6.73. The molecule has 1 saturated heterocycles. The molecular weight excluding hydrogens is 518 g/mol. The van der Waals surface area contributed by atoms with E-state index in [1.165, 1.54) is 17.0 Å². The van der Waals surface area contributed by atoms with Gasteiger partial charge in [0.1, 0.15) is 6.61 Å². The first-order valence-corrected chi connectivity index (χ1v) is 12.6. The maximum Gasteiger partial charge on any atom is 0.335 e. The normalized spacial score (nSPS) is 14.4. The number of thiocarbonyl (C=S) groups is 1. The van der Waals surface area contributed by atoms with Crippen LogP contribution in [0, 0.1) is 6.92 Å². The number of aryl methyl sites for hydroxylation is 1. The number of benzene rings is 3. The second-order valence-corrected chi connectivity index (χ2v) is 9.93. The number of aromatic carboxylic acids is 1. The van der Waals surface area contributed by atoms with E-state index in [2.05, 4.69) is 0 Å². The Morgan fingerprint density at radius 2 is 1.89 bits per heavy atom. The van der Waals surface area contributed by atoms with E-state index >= 15 is 0 Å². The molecule has 0 atom stereocenters. The topological polar surface area (TPSA) is 76.1 Å². The van der Waals surface area contributed by atoms with Crippen LogP contribution in [0.5, 0.6) is 11.5 Å². The SMILES string of the molecule is CCOc1cc(/C=C2\SC(=S)N(c3cc(C(=O)O)ccc3C)C2=O)ccc1OCc1ccccc1Cl. The molecule has 0 aliphatic carbocycles. The van der Waals surface area contributed by atoms with Gasteiger partial charge in [-0.3, -0.25) is 9.69 Å². The average molecular weight is 540 g/mol. The third-order valence-electron chi connectivity index (χ3n) is 5.40. The molecule has 36 heavy (non-hydrogen) atoms. The van der Waals surface area contributed by atoms with Crippen molar-refractivity contribution in [2.24, 2.45) is 0 Å². The molecule has 184 valence electrons. The lowest BCUT2D eigenvalue weighted by atomic mass is 10.1. The van der Waals surface area contributed by atoms with E-state index in [0.29, 0.717) is 38.0 Å². The van der Waals surface area contributed by atoms with E-state index in [-0.39, 0.29) is 18.1 Å². The summed E-state index contributed by atoms with van der Waals surface area (Å²) in [6.07, 6.45) is 1.73. The molecule has 9 heteroatoms. The first-order valence-electron chi connectivity index (χ1n) is 11.0. The van der Waals surface area contributed by atoms with Crippen LogP contribution in [0.25, 0.3) is 6.08 Å². The van der Waals surface area contributed by atoms with E-state index in [4.69, 9.17) is 33.3 Å². The van der Waals surface area contributed by atoms with Gasteiger partial charge in [0.2, 0.25) is 0 Å². The van der Waals surface area contributed by atoms with E-state index in [1.54, 1.807) is 31.2 Å². The Labute approximate surface area is 223 Å². The van der Waals surface area contributed by atoms with Crippen molar-refractivity contribution < 1.29 is 24.2 Å². The molecule has 3 aromatic rings. The van der Waals surface area contributed by atoms with Gasteiger partial charge in [0.05, 0.1) is 22.8 Å². The van der Waals surface area contributed by atoms with E-state index in [9.17, 15) is 14.7 Å². The van der Waals surface area contributed by atoms with Gasteiger partial charge in [0.15, 0.2) is 15.8 Å². The second-order valence-electron chi connectivity index (χ2n) is 7.84. The number of carboxylic acids is 1. The van der Waals surface area contributed by atoms with Crippen LogP contribution >= 0.6 is 35.6 Å². The molecule has 4 rings (SSSR count). The summed E-state index contributed by atoms with van der Waals surface area (Å²) in [5.41, 5.74) is 2.88. The van der Waals surface area contributed by atoms with Crippen molar-refractivity contribution in [1.29, 1.82) is 0 Å². The number of carbonyl (C=O) groups is 2. The Morgan fingerprint density at radius 1 is 1.11 bits per heavy atom. The smallest absolute Gasteiger partial charge is 0.335 e. The maximum absolute atomic E-state index is 13.3. The fourth-order valence-electron chi connectivity index (χ4n) is 3.58. The zero-order valence-electron chi connectivity index (χ0n) is 19.5. The minimum Gasteiger partial charge on any atom is -0.490 e. The van der Waals surface area contributed by atoms with Gasteiger partial charge < -0.3 is 14.6 Å². The molecule has 0 aromatic heterocycles. The number of nitrogens with zero attached hydrogens (tertiary/aromatic N) is 1. The number of carbonyl (C=O) groups excluding carboxylic acids is 1. The number of ether oxygens (including phenoxy) is 2. The van der Waals surface area contributed by atoms with Crippen LogP contribution in [0.4, 0.5) is 5.69 Å². The highest BCUT2D eigenvalue weighted by Crippen LogP contribution is 2.39. The molecule has 0 spiro atoms. The quantitative estimate of drug-likeness (QED) is 0.251.